The Labute approximate surface area is 125 Å². The van der Waals surface area contributed by atoms with Gasteiger partial charge >= 0.3 is 0 Å². The Morgan fingerprint density at radius 2 is 2.14 bits per heavy atom. The van der Waals surface area contributed by atoms with E-state index >= 15 is 0 Å². The molecule has 1 aromatic carbocycles. The lowest BCUT2D eigenvalue weighted by atomic mass is 10.3. The maximum Gasteiger partial charge on any atom is 0.231 e. The number of ether oxygens (including phenoxy) is 3. The molecule has 0 bridgehead atoms. The van der Waals surface area contributed by atoms with Crippen LogP contribution >= 0.6 is 0 Å². The molecule has 0 unspecified atom stereocenters. The zero-order valence-corrected chi connectivity index (χ0v) is 12.8. The molecule has 0 fully saturated rings. The monoisotopic (exact) mass is 293 g/mol. The maximum absolute atomic E-state index is 5.67. The van der Waals surface area contributed by atoms with Crippen LogP contribution in [0, 0.1) is 0 Å². The average molecular weight is 293 g/mol. The number of guanidine groups is 1. The van der Waals surface area contributed by atoms with Crippen LogP contribution in [0.15, 0.2) is 23.2 Å². The smallest absolute Gasteiger partial charge is 0.231 e. The van der Waals surface area contributed by atoms with Crippen molar-refractivity contribution in [1.29, 1.82) is 0 Å². The van der Waals surface area contributed by atoms with Gasteiger partial charge in [0.05, 0.1) is 6.54 Å². The Kier molecular flexibility index (Phi) is 5.54. The van der Waals surface area contributed by atoms with E-state index in [2.05, 4.69) is 29.5 Å². The van der Waals surface area contributed by atoms with Gasteiger partial charge in [-0.25, -0.2) is 4.99 Å². The van der Waals surface area contributed by atoms with Gasteiger partial charge < -0.3 is 24.8 Å². The van der Waals surface area contributed by atoms with Gasteiger partial charge in [-0.2, -0.15) is 0 Å². The Balaban J connectivity index is 1.80. The number of benzene rings is 1. The number of nitrogens with zero attached hydrogens (tertiary/aromatic N) is 1. The van der Waals surface area contributed by atoms with E-state index in [9.17, 15) is 0 Å². The molecule has 1 aromatic rings. The van der Waals surface area contributed by atoms with Crippen molar-refractivity contribution in [3.8, 4) is 17.2 Å². The Morgan fingerprint density at radius 1 is 1.33 bits per heavy atom. The SMILES string of the molecule is CCNC(=NCCOc1ccc2c(c1)OCO2)NC(C)C. The quantitative estimate of drug-likeness (QED) is 0.475. The molecule has 0 atom stereocenters. The zero-order valence-electron chi connectivity index (χ0n) is 12.8. The minimum atomic E-state index is 0.274. The number of hydrogen-bond acceptors (Lipinski definition) is 4. The van der Waals surface area contributed by atoms with Gasteiger partial charge in [0.25, 0.3) is 0 Å². The normalized spacial score (nSPS) is 13.4. The number of aliphatic imine (C=N–C) groups is 1. The number of fused-ring (bicyclic) bond motifs is 1. The molecule has 0 radical (unpaired) electrons. The average Bonchev–Trinajstić information content (AvgIpc) is 2.90. The molecule has 116 valence electrons. The van der Waals surface area contributed by atoms with Crippen LogP contribution < -0.4 is 24.8 Å². The topological polar surface area (TPSA) is 64.1 Å². The summed E-state index contributed by atoms with van der Waals surface area (Å²) in [6, 6.07) is 5.90. The van der Waals surface area contributed by atoms with Gasteiger partial charge in [0, 0.05) is 18.7 Å². The molecule has 1 aliphatic heterocycles. The van der Waals surface area contributed by atoms with E-state index in [1.165, 1.54) is 0 Å². The standard InChI is InChI=1S/C15H23N3O3/c1-4-16-15(18-11(2)3)17-7-8-19-12-5-6-13-14(9-12)21-10-20-13/h5-6,9,11H,4,7-8,10H2,1-3H3,(H2,16,17,18). The van der Waals surface area contributed by atoms with Crippen LogP contribution in [0.2, 0.25) is 0 Å². The van der Waals surface area contributed by atoms with Crippen LogP contribution in [0.3, 0.4) is 0 Å². The predicted molar refractivity (Wildman–Crippen MR) is 82.3 cm³/mol. The van der Waals surface area contributed by atoms with Gasteiger partial charge in [-0.05, 0) is 32.9 Å². The fraction of sp³-hybridized carbons (Fsp3) is 0.533. The van der Waals surface area contributed by atoms with E-state index in [1.54, 1.807) is 0 Å². The van der Waals surface area contributed by atoms with Gasteiger partial charge in [-0.1, -0.05) is 0 Å². The largest absolute Gasteiger partial charge is 0.492 e. The minimum Gasteiger partial charge on any atom is -0.492 e. The number of nitrogens with one attached hydrogen (secondary N) is 2. The van der Waals surface area contributed by atoms with Gasteiger partial charge in [0.2, 0.25) is 6.79 Å². The lowest BCUT2D eigenvalue weighted by Crippen LogP contribution is -2.41. The number of hydrogen-bond donors (Lipinski definition) is 2. The maximum atomic E-state index is 5.67. The summed E-state index contributed by atoms with van der Waals surface area (Å²) in [6.07, 6.45) is 0. The van der Waals surface area contributed by atoms with Crippen molar-refractivity contribution in [3.63, 3.8) is 0 Å². The summed E-state index contributed by atoms with van der Waals surface area (Å²) in [5.74, 6) is 3.06. The molecule has 2 N–H and O–H groups in total. The van der Waals surface area contributed by atoms with E-state index in [1.807, 2.05) is 25.1 Å². The first-order chi connectivity index (χ1) is 10.2. The predicted octanol–water partition coefficient (Wildman–Crippen LogP) is 1.76. The highest BCUT2D eigenvalue weighted by Gasteiger charge is 2.13. The zero-order chi connectivity index (χ0) is 15.1. The summed E-state index contributed by atoms with van der Waals surface area (Å²) < 4.78 is 16.2. The molecule has 6 nitrogen and oxygen atoms in total. The Morgan fingerprint density at radius 3 is 2.90 bits per heavy atom. The van der Waals surface area contributed by atoms with Crippen molar-refractivity contribution >= 4 is 5.96 Å². The molecule has 21 heavy (non-hydrogen) atoms. The van der Waals surface area contributed by atoms with Gasteiger partial charge in [0.1, 0.15) is 12.4 Å². The van der Waals surface area contributed by atoms with E-state index in [0.29, 0.717) is 19.2 Å². The Hall–Kier alpha value is -2.11. The third-order valence-electron chi connectivity index (χ3n) is 2.74. The molecule has 0 saturated carbocycles. The minimum absolute atomic E-state index is 0.274. The molecule has 0 spiro atoms. The fourth-order valence-corrected chi connectivity index (χ4v) is 1.88. The fourth-order valence-electron chi connectivity index (χ4n) is 1.88. The van der Waals surface area contributed by atoms with E-state index < -0.39 is 0 Å². The summed E-state index contributed by atoms with van der Waals surface area (Å²) in [6.45, 7) is 8.40. The van der Waals surface area contributed by atoms with Crippen LogP contribution in [0.1, 0.15) is 20.8 Å². The third kappa shape index (κ3) is 4.73. The summed E-state index contributed by atoms with van der Waals surface area (Å²) >= 11 is 0. The van der Waals surface area contributed by atoms with Crippen molar-refractivity contribution in [2.45, 2.75) is 26.8 Å². The second-order valence-electron chi connectivity index (χ2n) is 4.92. The molecule has 0 amide bonds. The van der Waals surface area contributed by atoms with Crippen molar-refractivity contribution in [2.75, 3.05) is 26.5 Å². The molecule has 1 heterocycles. The van der Waals surface area contributed by atoms with Crippen LogP contribution in [0.4, 0.5) is 0 Å². The van der Waals surface area contributed by atoms with Gasteiger partial charge in [-0.3, -0.25) is 0 Å². The molecule has 6 heteroatoms. The molecular formula is C15H23N3O3. The second kappa shape index (κ2) is 7.61. The summed E-state index contributed by atoms with van der Waals surface area (Å²) in [5.41, 5.74) is 0. The van der Waals surface area contributed by atoms with E-state index in [-0.39, 0.29) is 6.79 Å². The third-order valence-corrected chi connectivity index (χ3v) is 2.74. The molecular weight excluding hydrogens is 270 g/mol. The summed E-state index contributed by atoms with van der Waals surface area (Å²) in [7, 11) is 0. The lowest BCUT2D eigenvalue weighted by Gasteiger charge is -2.14. The van der Waals surface area contributed by atoms with E-state index in [4.69, 9.17) is 14.2 Å². The highest BCUT2D eigenvalue weighted by Crippen LogP contribution is 2.34. The second-order valence-corrected chi connectivity index (χ2v) is 4.92. The molecule has 0 aliphatic carbocycles. The van der Waals surface area contributed by atoms with Crippen molar-refractivity contribution in [3.05, 3.63) is 18.2 Å². The van der Waals surface area contributed by atoms with Crippen LogP contribution in [-0.4, -0.2) is 38.5 Å². The molecule has 0 aromatic heterocycles. The highest BCUT2D eigenvalue weighted by atomic mass is 16.7. The summed E-state index contributed by atoms with van der Waals surface area (Å²) in [4.78, 5) is 4.45. The van der Waals surface area contributed by atoms with Gasteiger partial charge in [-0.15, -0.1) is 0 Å². The first kappa shape index (κ1) is 15.3. The van der Waals surface area contributed by atoms with Crippen molar-refractivity contribution in [2.24, 2.45) is 4.99 Å². The summed E-state index contributed by atoms with van der Waals surface area (Å²) in [5, 5.41) is 6.45. The van der Waals surface area contributed by atoms with Gasteiger partial charge in [0.15, 0.2) is 17.5 Å². The van der Waals surface area contributed by atoms with Crippen molar-refractivity contribution < 1.29 is 14.2 Å². The van der Waals surface area contributed by atoms with Crippen molar-refractivity contribution in [1.82, 2.24) is 10.6 Å². The molecule has 0 saturated heterocycles. The highest BCUT2D eigenvalue weighted by molar-refractivity contribution is 5.79. The van der Waals surface area contributed by atoms with Crippen LogP contribution in [0.25, 0.3) is 0 Å². The lowest BCUT2D eigenvalue weighted by molar-refractivity contribution is 0.174. The molecule has 2 rings (SSSR count). The van der Waals surface area contributed by atoms with Crippen LogP contribution in [0.5, 0.6) is 17.2 Å². The Bertz CT molecular complexity index is 489. The molecule has 1 aliphatic rings. The van der Waals surface area contributed by atoms with Crippen LogP contribution in [-0.2, 0) is 0 Å². The van der Waals surface area contributed by atoms with E-state index in [0.717, 1.165) is 29.8 Å². The first-order valence-corrected chi connectivity index (χ1v) is 7.26. The first-order valence-electron chi connectivity index (χ1n) is 7.26. The number of rotatable bonds is 6.